The van der Waals surface area contributed by atoms with E-state index < -0.39 is 5.60 Å². The summed E-state index contributed by atoms with van der Waals surface area (Å²) in [6.45, 7) is 18.3. The van der Waals surface area contributed by atoms with Crippen molar-refractivity contribution < 1.29 is 9.90 Å². The standard InChI is InChI=1S/C29H46O2/c1-18(2)19(3)8-9-20(4)23-10-11-24-22-17-29(7,31)26-16-21(30)12-14-28(26,6)25(22)13-15-27(23,24)5/h16,18,20,22-25,31H,3,8-15,17H2,1-2,4-7H3/t20-,22+,23-,24+,25+,27-,28-,29-/m1/s1. The molecule has 4 aliphatic carbocycles. The molecule has 0 aromatic carbocycles. The minimum atomic E-state index is -0.830. The van der Waals surface area contributed by atoms with E-state index in [0.29, 0.717) is 29.6 Å². The van der Waals surface area contributed by atoms with Gasteiger partial charge in [-0.3, -0.25) is 4.79 Å². The van der Waals surface area contributed by atoms with Gasteiger partial charge >= 0.3 is 0 Å². The smallest absolute Gasteiger partial charge is 0.155 e. The Morgan fingerprint density at radius 3 is 2.52 bits per heavy atom. The van der Waals surface area contributed by atoms with Crippen LogP contribution in [0.25, 0.3) is 0 Å². The Hall–Kier alpha value is -0.890. The average Bonchev–Trinajstić information content (AvgIpc) is 3.04. The number of hydrogen-bond donors (Lipinski definition) is 1. The Labute approximate surface area is 191 Å². The Kier molecular flexibility index (Phi) is 5.90. The molecule has 4 rings (SSSR count). The lowest BCUT2D eigenvalue weighted by molar-refractivity contribution is -0.125. The maximum absolute atomic E-state index is 12.2. The van der Waals surface area contributed by atoms with Crippen LogP contribution in [0.2, 0.25) is 0 Å². The van der Waals surface area contributed by atoms with E-state index in [2.05, 4.69) is 41.2 Å². The van der Waals surface area contributed by atoms with E-state index in [4.69, 9.17) is 0 Å². The first kappa shape index (κ1) is 23.3. The van der Waals surface area contributed by atoms with Crippen LogP contribution in [0.1, 0.15) is 99.3 Å². The van der Waals surface area contributed by atoms with Crippen LogP contribution in [-0.2, 0) is 4.79 Å². The number of aliphatic hydroxyl groups is 1. The number of carbonyl (C=O) groups excluding carboxylic acids is 1. The van der Waals surface area contributed by atoms with Crippen LogP contribution in [0.15, 0.2) is 23.8 Å². The minimum absolute atomic E-state index is 0.000362. The monoisotopic (exact) mass is 426 g/mol. The van der Waals surface area contributed by atoms with E-state index in [1.165, 1.54) is 37.7 Å². The van der Waals surface area contributed by atoms with Crippen molar-refractivity contribution in [2.45, 2.75) is 105 Å². The van der Waals surface area contributed by atoms with Crippen molar-refractivity contribution in [2.75, 3.05) is 0 Å². The molecule has 0 saturated heterocycles. The van der Waals surface area contributed by atoms with Crippen molar-refractivity contribution in [1.29, 1.82) is 0 Å². The van der Waals surface area contributed by atoms with Gasteiger partial charge in [-0.15, -0.1) is 0 Å². The molecular weight excluding hydrogens is 380 g/mol. The van der Waals surface area contributed by atoms with Gasteiger partial charge in [-0.1, -0.05) is 46.8 Å². The van der Waals surface area contributed by atoms with Gasteiger partial charge in [0.05, 0.1) is 5.60 Å². The van der Waals surface area contributed by atoms with Crippen molar-refractivity contribution in [1.82, 2.24) is 0 Å². The van der Waals surface area contributed by atoms with Crippen LogP contribution in [-0.4, -0.2) is 16.5 Å². The van der Waals surface area contributed by atoms with Crippen LogP contribution in [0, 0.1) is 46.3 Å². The molecule has 0 aliphatic heterocycles. The van der Waals surface area contributed by atoms with Gasteiger partial charge in [-0.2, -0.15) is 0 Å². The summed E-state index contributed by atoms with van der Waals surface area (Å²) in [7, 11) is 0. The molecular formula is C29H46O2. The number of ketones is 1. The number of hydrogen-bond acceptors (Lipinski definition) is 2. The van der Waals surface area contributed by atoms with Crippen molar-refractivity contribution in [3.05, 3.63) is 23.8 Å². The van der Waals surface area contributed by atoms with Gasteiger partial charge < -0.3 is 5.11 Å². The molecule has 0 aromatic rings. The summed E-state index contributed by atoms with van der Waals surface area (Å²) in [4.78, 5) is 12.2. The predicted octanol–water partition coefficient (Wildman–Crippen LogP) is 7.12. The van der Waals surface area contributed by atoms with Crippen LogP contribution in [0.4, 0.5) is 0 Å². The van der Waals surface area contributed by atoms with Crippen molar-refractivity contribution in [3.8, 4) is 0 Å². The summed E-state index contributed by atoms with van der Waals surface area (Å²) in [6.07, 6.45) is 11.9. The topological polar surface area (TPSA) is 37.3 Å². The molecule has 0 spiro atoms. The average molecular weight is 427 g/mol. The number of allylic oxidation sites excluding steroid dienone is 1. The van der Waals surface area contributed by atoms with E-state index in [9.17, 15) is 9.90 Å². The van der Waals surface area contributed by atoms with Crippen LogP contribution in [0.5, 0.6) is 0 Å². The molecule has 2 nitrogen and oxygen atoms in total. The SMILES string of the molecule is C=C(CC[C@@H](C)[C@H]1CC[C@H]2[C@@H]3C[C@@](C)(O)C4=CC(=O)CC[C@]4(C)[C@H]3CC[C@]12C)C(C)C. The van der Waals surface area contributed by atoms with Gasteiger partial charge in [0.1, 0.15) is 0 Å². The Morgan fingerprint density at radius 1 is 1.13 bits per heavy atom. The molecule has 4 aliphatic rings. The highest BCUT2D eigenvalue weighted by atomic mass is 16.3. The van der Waals surface area contributed by atoms with Crippen LogP contribution in [0.3, 0.4) is 0 Å². The number of fused-ring (bicyclic) bond motifs is 5. The highest BCUT2D eigenvalue weighted by molar-refractivity contribution is 5.92. The van der Waals surface area contributed by atoms with E-state index in [-0.39, 0.29) is 11.2 Å². The molecule has 0 unspecified atom stereocenters. The molecule has 3 saturated carbocycles. The first-order chi connectivity index (χ1) is 14.4. The summed E-state index contributed by atoms with van der Waals surface area (Å²) in [6, 6.07) is 0. The van der Waals surface area contributed by atoms with Gasteiger partial charge in [0.25, 0.3) is 0 Å². The molecule has 2 heteroatoms. The second kappa shape index (κ2) is 7.86. The van der Waals surface area contributed by atoms with Crippen LogP contribution >= 0.6 is 0 Å². The van der Waals surface area contributed by atoms with Gasteiger partial charge in [-0.05, 0) is 116 Å². The van der Waals surface area contributed by atoms with Crippen molar-refractivity contribution >= 4 is 5.78 Å². The summed E-state index contributed by atoms with van der Waals surface area (Å²) >= 11 is 0. The third-order valence-corrected chi connectivity index (χ3v) is 10.8. The Morgan fingerprint density at radius 2 is 1.84 bits per heavy atom. The van der Waals surface area contributed by atoms with Crippen molar-refractivity contribution in [3.63, 3.8) is 0 Å². The zero-order valence-electron chi connectivity index (χ0n) is 21.0. The fourth-order valence-corrected chi connectivity index (χ4v) is 8.88. The maximum atomic E-state index is 12.2. The molecule has 0 heterocycles. The summed E-state index contributed by atoms with van der Waals surface area (Å²) < 4.78 is 0. The minimum Gasteiger partial charge on any atom is -0.386 e. The number of carbonyl (C=O) groups is 1. The van der Waals surface area contributed by atoms with Crippen LogP contribution < -0.4 is 0 Å². The van der Waals surface area contributed by atoms with Gasteiger partial charge in [0.2, 0.25) is 0 Å². The second-order valence-corrected chi connectivity index (χ2v) is 12.9. The molecule has 0 aromatic heterocycles. The highest BCUT2D eigenvalue weighted by Crippen LogP contribution is 2.69. The van der Waals surface area contributed by atoms with E-state index in [1.54, 1.807) is 0 Å². The van der Waals surface area contributed by atoms with Gasteiger partial charge in [-0.25, -0.2) is 0 Å². The zero-order chi connectivity index (χ0) is 22.8. The molecule has 0 bridgehead atoms. The summed E-state index contributed by atoms with van der Waals surface area (Å²) in [5.41, 5.74) is 2.02. The molecule has 31 heavy (non-hydrogen) atoms. The van der Waals surface area contributed by atoms with Gasteiger partial charge in [0.15, 0.2) is 5.78 Å². The molecule has 8 atom stereocenters. The molecule has 0 radical (unpaired) electrons. The van der Waals surface area contributed by atoms with Crippen molar-refractivity contribution in [2.24, 2.45) is 46.3 Å². The lowest BCUT2D eigenvalue weighted by atomic mass is 9.44. The largest absolute Gasteiger partial charge is 0.386 e. The highest BCUT2D eigenvalue weighted by Gasteiger charge is 2.62. The lowest BCUT2D eigenvalue weighted by Gasteiger charge is -2.61. The molecule has 174 valence electrons. The van der Waals surface area contributed by atoms with E-state index >= 15 is 0 Å². The Balaban J connectivity index is 1.57. The third-order valence-electron chi connectivity index (χ3n) is 10.8. The molecule has 3 fully saturated rings. The zero-order valence-corrected chi connectivity index (χ0v) is 21.0. The summed E-state index contributed by atoms with van der Waals surface area (Å²) in [5.74, 6) is 4.26. The number of rotatable bonds is 5. The Bertz CT molecular complexity index is 774. The predicted molar refractivity (Wildman–Crippen MR) is 129 cm³/mol. The van der Waals surface area contributed by atoms with E-state index in [1.807, 2.05) is 13.0 Å². The first-order valence-corrected chi connectivity index (χ1v) is 13.1. The lowest BCUT2D eigenvalue weighted by Crippen LogP contribution is -2.57. The third kappa shape index (κ3) is 3.69. The summed E-state index contributed by atoms with van der Waals surface area (Å²) in [5, 5.41) is 11.5. The molecule has 0 amide bonds. The normalized spacial score (nSPS) is 45.5. The maximum Gasteiger partial charge on any atom is 0.155 e. The quantitative estimate of drug-likeness (QED) is 0.475. The van der Waals surface area contributed by atoms with Gasteiger partial charge in [0, 0.05) is 6.42 Å². The fourth-order valence-electron chi connectivity index (χ4n) is 8.88. The molecule has 1 N–H and O–H groups in total. The fraction of sp³-hybridized carbons (Fsp3) is 0.828. The van der Waals surface area contributed by atoms with E-state index in [0.717, 1.165) is 42.6 Å². The second-order valence-electron chi connectivity index (χ2n) is 12.9. The first-order valence-electron chi connectivity index (χ1n) is 13.1.